The number of ether oxygens (including phenoxy) is 6. The highest BCUT2D eigenvalue weighted by atomic mass is 32.2. The third-order valence-electron chi connectivity index (χ3n) is 7.91. The van der Waals surface area contributed by atoms with Crippen LogP contribution in [0.4, 0.5) is 0 Å². The summed E-state index contributed by atoms with van der Waals surface area (Å²) in [5, 5.41) is 0. The predicted octanol–water partition coefficient (Wildman–Crippen LogP) is 15.0. The second-order valence-electron chi connectivity index (χ2n) is 16.6. The van der Waals surface area contributed by atoms with Crippen LogP contribution in [0.1, 0.15) is 199 Å². The van der Waals surface area contributed by atoms with Crippen molar-refractivity contribution in [2.24, 2.45) is 11.8 Å². The van der Waals surface area contributed by atoms with Crippen LogP contribution in [0.5, 0.6) is 0 Å². The highest BCUT2D eigenvalue weighted by Crippen LogP contribution is 2.38. The van der Waals surface area contributed by atoms with E-state index < -0.39 is 33.2 Å². The van der Waals surface area contributed by atoms with Crippen molar-refractivity contribution in [3.8, 4) is 0 Å². The maximum Gasteiger partial charge on any atom is 0.302 e. The maximum absolute atomic E-state index is 11.5. The monoisotopic (exact) mass is 1220 g/mol. The molecule has 0 radical (unpaired) electrons. The molecule has 0 N–H and O–H groups in total. The second kappa shape index (κ2) is 69.4. The molecule has 0 aromatic carbocycles. The standard InChI is InChI=1S/C19H32O7.C6H10O3.2C5H13O2P.C4H11O2P.C3H8O2S.C3H6O.3C2H6.4CH4/c1-12-17(9-7-6-8-10-23-14(3)20)26-18(11-24-15(4)21)13(2)19(12)25-16(5)22;1-5(7)9-6-2-3-8-4-6;2*1-4-5-7-8(2,3)6;1-4-6-7(2,3)5;1-3-5-6(2)4;1-3(2)4;3*1-2;;;;/h12-13,17-19H,6-11H2,1-5H3;6H,2-4H2,1H3;2*4-5H2,1-3H3;4H2,1-3H3;3H2,1-2H3;1-2H3;3*1-2H3;4*1H4/t12?,13-,17+,18?,19-;;;;;;;;;;;;;/m1............./s1. The molecule has 2 heterocycles. The van der Waals surface area contributed by atoms with E-state index in [0.717, 1.165) is 51.6 Å². The van der Waals surface area contributed by atoms with Crippen molar-refractivity contribution in [3.63, 3.8) is 0 Å². The molecule has 2 aliphatic rings. The van der Waals surface area contributed by atoms with Gasteiger partial charge in [-0.1, -0.05) is 105 Å². The van der Waals surface area contributed by atoms with Crippen LogP contribution in [0.3, 0.4) is 0 Å². The summed E-state index contributed by atoms with van der Waals surface area (Å²) in [4.78, 5) is 53.1. The molecule has 482 valence electrons. The van der Waals surface area contributed by atoms with Crippen molar-refractivity contribution in [3.05, 3.63) is 0 Å². The van der Waals surface area contributed by atoms with Gasteiger partial charge in [0.25, 0.3) is 0 Å². The van der Waals surface area contributed by atoms with Crippen molar-refractivity contribution < 1.29 is 88.1 Å². The van der Waals surface area contributed by atoms with Gasteiger partial charge in [-0.15, -0.1) is 0 Å². The minimum absolute atomic E-state index is 0. The van der Waals surface area contributed by atoms with E-state index in [9.17, 15) is 41.9 Å². The van der Waals surface area contributed by atoms with Crippen molar-refractivity contribution in [2.45, 2.75) is 224 Å². The fourth-order valence-corrected chi connectivity index (χ4v) is 7.48. The van der Waals surface area contributed by atoms with Gasteiger partial charge >= 0.3 is 23.9 Å². The van der Waals surface area contributed by atoms with Gasteiger partial charge in [-0.2, -0.15) is 0 Å². The van der Waals surface area contributed by atoms with Gasteiger partial charge in [-0.25, -0.2) is 4.21 Å². The van der Waals surface area contributed by atoms with E-state index in [-0.39, 0.29) is 102 Å². The minimum atomic E-state index is -2.18. The first-order valence-corrected chi connectivity index (χ1v) is 35.1. The van der Waals surface area contributed by atoms with Gasteiger partial charge in [-0.05, 0) is 59.8 Å². The number of rotatable bonds is 20. The number of carbonyl (C=O) groups excluding carboxylic acids is 5. The Morgan fingerprint density at radius 1 is 0.551 bits per heavy atom. The number of ketones is 1. The van der Waals surface area contributed by atoms with Crippen LogP contribution >= 0.6 is 22.1 Å². The molecule has 19 nitrogen and oxygen atoms in total. The molecule has 4 unspecified atom stereocenters. The van der Waals surface area contributed by atoms with E-state index in [1.807, 2.05) is 76.2 Å². The van der Waals surface area contributed by atoms with Crippen LogP contribution in [-0.4, -0.2) is 157 Å². The van der Waals surface area contributed by atoms with Crippen molar-refractivity contribution >= 4 is 62.8 Å². The Morgan fingerprint density at radius 2 is 0.949 bits per heavy atom. The van der Waals surface area contributed by atoms with E-state index in [0.29, 0.717) is 39.6 Å². The van der Waals surface area contributed by atoms with Crippen LogP contribution in [0, 0.1) is 11.8 Å². The minimum Gasteiger partial charge on any atom is -0.466 e. The SMILES string of the molecule is C.C.C.C.CC.CC.CC.CC(=O)OC1CCOC1.CC(=O)OCCCCC[C@@H]1OC(COC(C)=O)[C@@H](C)[C@H](OC(C)=O)C1C.CC(C)=O.CCCOP(C)(C)=O.CCCOP(C)(C)=O.CCOP(C)(C)=O.CCOS(C)=O. The lowest BCUT2D eigenvalue weighted by atomic mass is 9.81. The molecule has 2 aliphatic heterocycles. The zero-order valence-corrected chi connectivity index (χ0v) is 54.6. The second-order valence-corrected chi connectivity index (χ2v) is 26.0. The number of carbonyl (C=O) groups is 5. The van der Waals surface area contributed by atoms with E-state index in [1.165, 1.54) is 47.8 Å². The van der Waals surface area contributed by atoms with Gasteiger partial charge in [0.1, 0.15) is 24.6 Å². The summed E-state index contributed by atoms with van der Waals surface area (Å²) in [5.41, 5.74) is 0. The molecule has 78 heavy (non-hydrogen) atoms. The molecular formula is C55H127O19P3S. The molecule has 2 saturated heterocycles. The fraction of sp³-hybridized carbons (Fsp3) is 0.909. The van der Waals surface area contributed by atoms with Gasteiger partial charge < -0.3 is 46.8 Å². The summed E-state index contributed by atoms with van der Waals surface area (Å²) in [6.45, 7) is 46.1. The smallest absolute Gasteiger partial charge is 0.302 e. The lowest BCUT2D eigenvalue weighted by Crippen LogP contribution is -2.52. The van der Waals surface area contributed by atoms with E-state index in [4.69, 9.17) is 42.0 Å². The third-order valence-corrected chi connectivity index (χ3v) is 11.0. The fourth-order valence-electron chi connectivity index (χ4n) is 5.28. The number of unbranched alkanes of at least 4 members (excludes halogenated alkanes) is 2. The first-order valence-electron chi connectivity index (χ1n) is 26.1. The van der Waals surface area contributed by atoms with E-state index in [2.05, 4.69) is 4.18 Å². The van der Waals surface area contributed by atoms with Gasteiger partial charge in [0.05, 0.1) is 58.5 Å². The molecule has 2 rings (SSSR count). The maximum atomic E-state index is 11.5. The van der Waals surface area contributed by atoms with E-state index in [1.54, 1.807) is 46.9 Å². The number of hydrogen-bond donors (Lipinski definition) is 0. The molecule has 0 bridgehead atoms. The summed E-state index contributed by atoms with van der Waals surface area (Å²) >= 11 is -1.07. The summed E-state index contributed by atoms with van der Waals surface area (Å²) < 4.78 is 92.8. The summed E-state index contributed by atoms with van der Waals surface area (Å²) in [6, 6.07) is 0. The van der Waals surface area contributed by atoms with Gasteiger partial charge in [0, 0.05) is 92.2 Å². The number of hydrogen-bond acceptors (Lipinski definition) is 19. The first kappa shape index (κ1) is 105. The molecule has 2 fully saturated rings. The van der Waals surface area contributed by atoms with Gasteiger partial charge in [0.15, 0.2) is 33.2 Å². The molecule has 0 aromatic heterocycles. The average Bonchev–Trinajstić information content (AvgIpc) is 3.79. The van der Waals surface area contributed by atoms with Crippen LogP contribution in [-0.2, 0) is 94.9 Å². The van der Waals surface area contributed by atoms with Crippen LogP contribution < -0.4 is 0 Å². The lowest BCUT2D eigenvalue weighted by Gasteiger charge is -2.44. The number of Topliss-reactive ketones (excluding diaryl/α,β-unsaturated/α-hetero) is 1. The third kappa shape index (κ3) is 96.4. The quantitative estimate of drug-likeness (QED) is 0.0476. The van der Waals surface area contributed by atoms with Crippen molar-refractivity contribution in [1.29, 1.82) is 0 Å². The molecular weight excluding hydrogens is 1090 g/mol. The molecule has 0 amide bonds. The van der Waals surface area contributed by atoms with Crippen LogP contribution in [0.2, 0.25) is 0 Å². The summed E-state index contributed by atoms with van der Waals surface area (Å²) in [5.74, 6) is -0.997. The Labute approximate surface area is 483 Å². The highest BCUT2D eigenvalue weighted by Gasteiger charge is 2.43. The highest BCUT2D eigenvalue weighted by molar-refractivity contribution is 7.79. The number of esters is 4. The summed E-state index contributed by atoms with van der Waals surface area (Å²) in [6.07, 6.45) is 7.04. The summed E-state index contributed by atoms with van der Waals surface area (Å²) in [7, 11) is -6.53. The van der Waals surface area contributed by atoms with Crippen molar-refractivity contribution in [2.75, 3.05) is 99.1 Å². The average molecular weight is 1220 g/mol. The molecule has 0 aliphatic carbocycles. The molecule has 7 atom stereocenters. The molecule has 0 saturated carbocycles. The van der Waals surface area contributed by atoms with Crippen molar-refractivity contribution in [1.82, 2.24) is 0 Å². The predicted molar refractivity (Wildman–Crippen MR) is 331 cm³/mol. The Balaban J connectivity index is -0.0000000703. The Bertz CT molecular complexity index is 1470. The zero-order chi connectivity index (χ0) is 60.1. The van der Waals surface area contributed by atoms with Crippen LogP contribution in [0.25, 0.3) is 0 Å². The van der Waals surface area contributed by atoms with Gasteiger partial charge in [0.2, 0.25) is 0 Å². The lowest BCUT2D eigenvalue weighted by molar-refractivity contribution is -0.201. The molecule has 0 aromatic rings. The Morgan fingerprint density at radius 3 is 1.21 bits per heavy atom. The van der Waals surface area contributed by atoms with E-state index >= 15 is 0 Å². The normalized spacial score (nSPS) is 17.6. The molecule has 23 heteroatoms. The first-order chi connectivity index (χ1) is 34.2. The topological polar surface area (TPSA) is 246 Å². The van der Waals surface area contributed by atoms with Crippen LogP contribution in [0.15, 0.2) is 0 Å². The van der Waals surface area contributed by atoms with Gasteiger partial charge in [-0.3, -0.25) is 37.1 Å². The molecule has 0 spiro atoms. The largest absolute Gasteiger partial charge is 0.466 e. The zero-order valence-electron chi connectivity index (χ0n) is 51.1. The Hall–Kier alpha value is -1.85. The Kier molecular flexibility index (Phi) is 93.0.